The van der Waals surface area contributed by atoms with Crippen molar-refractivity contribution >= 4 is 52.0 Å². The number of hydrogen-bond donors (Lipinski definition) is 1. The Labute approximate surface area is 173 Å². The lowest BCUT2D eigenvalue weighted by Gasteiger charge is -2.45. The summed E-state index contributed by atoms with van der Waals surface area (Å²) in [5.41, 5.74) is 0.376. The molecule has 7 heteroatoms. The van der Waals surface area contributed by atoms with E-state index in [0.29, 0.717) is 28.7 Å². The maximum absolute atomic E-state index is 13.4. The van der Waals surface area contributed by atoms with Gasteiger partial charge in [0.15, 0.2) is 10.9 Å². The second-order valence-corrected chi connectivity index (χ2v) is 7.79. The minimum absolute atomic E-state index is 0.0000120. The third-order valence-corrected chi connectivity index (χ3v) is 6.02. The maximum Gasteiger partial charge on any atom is 0.174 e. The Balaban J connectivity index is 1.97. The summed E-state index contributed by atoms with van der Waals surface area (Å²) in [5.74, 6) is -0.415. The van der Waals surface area contributed by atoms with Crippen molar-refractivity contribution in [2.45, 2.75) is 31.2 Å². The summed E-state index contributed by atoms with van der Waals surface area (Å²) in [5, 5.41) is 3.93. The number of thiocarbonyl (C=S) groups is 1. The molecule has 3 nitrogen and oxygen atoms in total. The normalized spacial score (nSPS) is 19.6. The van der Waals surface area contributed by atoms with E-state index >= 15 is 0 Å². The average molecular weight is 425 g/mol. The van der Waals surface area contributed by atoms with Gasteiger partial charge in [-0.15, -0.1) is 0 Å². The van der Waals surface area contributed by atoms with E-state index in [0.717, 1.165) is 18.4 Å². The third kappa shape index (κ3) is 3.82. The van der Waals surface area contributed by atoms with Crippen molar-refractivity contribution in [2.75, 3.05) is 12.4 Å². The van der Waals surface area contributed by atoms with Gasteiger partial charge in [-0.1, -0.05) is 41.4 Å². The molecule has 1 fully saturated rings. The second-order valence-electron chi connectivity index (χ2n) is 6.59. The highest BCUT2D eigenvalue weighted by atomic mass is 35.5. The average Bonchev–Trinajstić information content (AvgIpc) is 2.65. The molecule has 1 aliphatic rings. The number of rotatable bonds is 3. The van der Waals surface area contributed by atoms with E-state index in [1.54, 1.807) is 24.1 Å². The van der Waals surface area contributed by atoms with Gasteiger partial charge in [0, 0.05) is 29.7 Å². The van der Waals surface area contributed by atoms with Crippen LogP contribution in [0.15, 0.2) is 42.5 Å². The monoisotopic (exact) mass is 424 g/mol. The van der Waals surface area contributed by atoms with Crippen molar-refractivity contribution in [3.8, 4) is 0 Å². The van der Waals surface area contributed by atoms with Gasteiger partial charge >= 0.3 is 0 Å². The number of Topliss-reactive ketones (excluding diaryl/α,β-unsaturated/α-hetero) is 1. The number of nitrogens with zero attached hydrogens (tertiary/aromatic N) is 1. The van der Waals surface area contributed by atoms with Gasteiger partial charge in [-0.25, -0.2) is 4.39 Å². The number of carbonyl (C=O) groups is 1. The number of carbonyl (C=O) groups excluding carboxylic acids is 1. The van der Waals surface area contributed by atoms with E-state index in [1.165, 1.54) is 12.1 Å². The molecule has 0 aliphatic heterocycles. The smallest absolute Gasteiger partial charge is 0.174 e. The standard InChI is InChI=1S/C20H19Cl2FN2OS/c1-25(19(27)24-13-9-10-17(23)16(22)12-13)20(11-5-4-8-18(20)26)14-6-2-3-7-15(14)21/h2-3,6-7,9-10,12H,4-5,8,11H2,1H3,(H,24,27). The van der Waals surface area contributed by atoms with Gasteiger partial charge in [0.25, 0.3) is 0 Å². The fourth-order valence-electron chi connectivity index (χ4n) is 3.58. The number of benzene rings is 2. The summed E-state index contributed by atoms with van der Waals surface area (Å²) in [6.07, 6.45) is 2.84. The van der Waals surface area contributed by atoms with Crippen LogP contribution >= 0.6 is 35.4 Å². The van der Waals surface area contributed by atoms with Crippen molar-refractivity contribution < 1.29 is 9.18 Å². The van der Waals surface area contributed by atoms with Crippen LogP contribution < -0.4 is 5.32 Å². The molecule has 2 aromatic rings. The van der Waals surface area contributed by atoms with Crippen LogP contribution in [0.5, 0.6) is 0 Å². The van der Waals surface area contributed by atoms with Gasteiger partial charge in [-0.3, -0.25) is 4.79 Å². The molecule has 0 bridgehead atoms. The minimum atomic E-state index is -0.926. The van der Waals surface area contributed by atoms with E-state index in [9.17, 15) is 9.18 Å². The van der Waals surface area contributed by atoms with Crippen LogP contribution in [0.1, 0.15) is 31.2 Å². The molecule has 27 heavy (non-hydrogen) atoms. The number of hydrogen-bond acceptors (Lipinski definition) is 2. The molecule has 0 aromatic heterocycles. The van der Waals surface area contributed by atoms with E-state index < -0.39 is 11.4 Å². The second kappa shape index (κ2) is 8.13. The lowest BCUT2D eigenvalue weighted by Crippen LogP contribution is -2.55. The first-order valence-corrected chi connectivity index (χ1v) is 9.81. The van der Waals surface area contributed by atoms with E-state index in [1.807, 2.05) is 18.2 Å². The predicted molar refractivity (Wildman–Crippen MR) is 112 cm³/mol. The number of nitrogens with one attached hydrogen (secondary N) is 1. The summed E-state index contributed by atoms with van der Waals surface area (Å²) >= 11 is 17.9. The van der Waals surface area contributed by atoms with Crippen molar-refractivity contribution in [1.82, 2.24) is 4.90 Å². The van der Waals surface area contributed by atoms with Crippen molar-refractivity contribution in [3.63, 3.8) is 0 Å². The number of ketones is 1. The Morgan fingerprint density at radius 2 is 1.93 bits per heavy atom. The highest BCUT2D eigenvalue weighted by Crippen LogP contribution is 2.42. The molecule has 0 saturated heterocycles. The van der Waals surface area contributed by atoms with E-state index in [4.69, 9.17) is 35.4 Å². The molecule has 1 atom stereocenters. The number of halogens is 3. The SMILES string of the molecule is CN(C(=S)Nc1ccc(F)c(Cl)c1)C1(c2ccccc2Cl)CCCCC1=O. The minimum Gasteiger partial charge on any atom is -0.335 e. The molecule has 0 heterocycles. The third-order valence-electron chi connectivity index (χ3n) is 5.02. The first-order valence-electron chi connectivity index (χ1n) is 8.64. The highest BCUT2D eigenvalue weighted by molar-refractivity contribution is 7.80. The zero-order valence-corrected chi connectivity index (χ0v) is 17.1. The molecule has 2 aromatic carbocycles. The van der Waals surface area contributed by atoms with Crippen LogP contribution in [-0.2, 0) is 10.3 Å². The largest absolute Gasteiger partial charge is 0.335 e. The van der Waals surface area contributed by atoms with E-state index in [-0.39, 0.29) is 10.8 Å². The Morgan fingerprint density at radius 3 is 2.59 bits per heavy atom. The molecule has 3 rings (SSSR count). The van der Waals surface area contributed by atoms with Crippen molar-refractivity contribution in [1.29, 1.82) is 0 Å². The molecule has 1 aliphatic carbocycles. The zero-order valence-electron chi connectivity index (χ0n) is 14.8. The van der Waals surface area contributed by atoms with Crippen LogP contribution in [0, 0.1) is 5.82 Å². The van der Waals surface area contributed by atoms with Crippen LogP contribution in [0.3, 0.4) is 0 Å². The predicted octanol–water partition coefficient (Wildman–Crippen LogP) is 5.80. The van der Waals surface area contributed by atoms with Gasteiger partial charge in [0.05, 0.1) is 5.02 Å². The summed E-state index contributed by atoms with van der Waals surface area (Å²) in [4.78, 5) is 14.9. The van der Waals surface area contributed by atoms with Crippen molar-refractivity contribution in [3.05, 3.63) is 63.9 Å². The van der Waals surface area contributed by atoms with Crippen LogP contribution in [0.25, 0.3) is 0 Å². The Kier molecular flexibility index (Phi) is 6.04. The quantitative estimate of drug-likeness (QED) is 0.630. The fourth-order valence-corrected chi connectivity index (χ4v) is 4.33. The van der Waals surface area contributed by atoms with Gasteiger partial charge in [-0.05, 0) is 55.7 Å². The van der Waals surface area contributed by atoms with Gasteiger partial charge in [0.1, 0.15) is 11.4 Å². The topological polar surface area (TPSA) is 32.3 Å². The van der Waals surface area contributed by atoms with E-state index in [2.05, 4.69) is 5.32 Å². The molecule has 0 amide bonds. The highest BCUT2D eigenvalue weighted by Gasteiger charge is 2.47. The summed E-state index contributed by atoms with van der Waals surface area (Å²) < 4.78 is 13.4. The van der Waals surface area contributed by atoms with Crippen LogP contribution in [0.2, 0.25) is 10.0 Å². The lowest BCUT2D eigenvalue weighted by atomic mass is 9.74. The zero-order chi connectivity index (χ0) is 19.6. The fraction of sp³-hybridized carbons (Fsp3) is 0.300. The molecule has 0 radical (unpaired) electrons. The van der Waals surface area contributed by atoms with Crippen molar-refractivity contribution in [2.24, 2.45) is 0 Å². The molecule has 1 saturated carbocycles. The molecule has 1 N–H and O–H groups in total. The summed E-state index contributed by atoms with van der Waals surface area (Å²) in [6.45, 7) is 0. The number of anilines is 1. The van der Waals surface area contributed by atoms with Crippen LogP contribution in [0.4, 0.5) is 10.1 Å². The molecule has 0 spiro atoms. The first kappa shape index (κ1) is 20.1. The van der Waals surface area contributed by atoms with Gasteiger partial charge in [-0.2, -0.15) is 0 Å². The Hall–Kier alpha value is -1.69. The van der Waals surface area contributed by atoms with Gasteiger partial charge in [0.2, 0.25) is 0 Å². The molecular formula is C20H19Cl2FN2OS. The molecular weight excluding hydrogens is 406 g/mol. The molecule has 1 unspecified atom stereocenters. The Morgan fingerprint density at radius 1 is 1.19 bits per heavy atom. The Bertz CT molecular complexity index is 892. The van der Waals surface area contributed by atoms with Crippen LogP contribution in [-0.4, -0.2) is 22.8 Å². The lowest BCUT2D eigenvalue weighted by molar-refractivity contribution is -0.131. The van der Waals surface area contributed by atoms with Gasteiger partial charge < -0.3 is 10.2 Å². The maximum atomic E-state index is 13.4. The number of likely N-dealkylation sites (N-methyl/N-ethyl adjacent to an activating group) is 1. The summed E-state index contributed by atoms with van der Waals surface area (Å²) in [7, 11) is 1.78. The molecule has 142 valence electrons. The summed E-state index contributed by atoms with van der Waals surface area (Å²) in [6, 6.07) is 11.6. The first-order chi connectivity index (χ1) is 12.9.